The lowest BCUT2D eigenvalue weighted by Gasteiger charge is -2.16. The van der Waals surface area contributed by atoms with E-state index in [-0.39, 0.29) is 4.90 Å². The van der Waals surface area contributed by atoms with Gasteiger partial charge in [0.1, 0.15) is 23.1 Å². The number of rotatable bonds is 10. The molecule has 0 spiro atoms. The van der Waals surface area contributed by atoms with E-state index in [0.717, 1.165) is 5.69 Å². The van der Waals surface area contributed by atoms with Gasteiger partial charge in [-0.15, -0.1) is 0 Å². The summed E-state index contributed by atoms with van der Waals surface area (Å²) in [6.45, 7) is 1.20. The Morgan fingerprint density at radius 1 is 1.03 bits per heavy atom. The molecule has 4 aromatic rings. The Morgan fingerprint density at radius 2 is 1.88 bits per heavy atom. The van der Waals surface area contributed by atoms with Crippen LogP contribution in [-0.4, -0.2) is 52.9 Å². The maximum Gasteiger partial charge on any atom is 0.244 e. The minimum absolute atomic E-state index is 0.161. The molecule has 0 aliphatic carbocycles. The monoisotopic (exact) mass is 479 g/mol. The summed E-state index contributed by atoms with van der Waals surface area (Å²) in [6, 6.07) is 15.8. The number of nitrogens with zero attached hydrogens (tertiary/aromatic N) is 5. The second-order valence-electron chi connectivity index (χ2n) is 7.48. The Bertz CT molecular complexity index is 1340. The molecular formula is C23H25N7O3S. The van der Waals surface area contributed by atoms with Crippen LogP contribution in [0.4, 0.5) is 23.1 Å². The molecule has 0 unspecified atom stereocenters. The van der Waals surface area contributed by atoms with E-state index in [1.807, 2.05) is 35.0 Å². The van der Waals surface area contributed by atoms with Crippen LogP contribution in [-0.2, 0) is 16.6 Å². The molecule has 4 rings (SSSR count). The molecule has 0 radical (unpaired) electrons. The lowest BCUT2D eigenvalue weighted by Crippen LogP contribution is -2.23. The fourth-order valence-electron chi connectivity index (χ4n) is 3.10. The molecular weight excluding hydrogens is 454 g/mol. The Labute approximate surface area is 198 Å². The third-order valence-corrected chi connectivity index (χ3v) is 6.70. The number of hydrogen-bond acceptors (Lipinski definition) is 8. The molecule has 0 aliphatic heterocycles. The topological polar surface area (TPSA) is 114 Å². The second kappa shape index (κ2) is 10.3. The van der Waals surface area contributed by atoms with Gasteiger partial charge < -0.3 is 19.9 Å². The zero-order chi connectivity index (χ0) is 24.0. The first-order chi connectivity index (χ1) is 16.4. The Hall–Kier alpha value is -3.96. The maximum absolute atomic E-state index is 12.6. The minimum atomic E-state index is -3.62. The van der Waals surface area contributed by atoms with Gasteiger partial charge in [0.25, 0.3) is 0 Å². The van der Waals surface area contributed by atoms with E-state index in [4.69, 9.17) is 4.74 Å². The van der Waals surface area contributed by atoms with Crippen molar-refractivity contribution >= 4 is 33.2 Å². The highest BCUT2D eigenvalue weighted by Gasteiger charge is 2.21. The molecule has 34 heavy (non-hydrogen) atoms. The average Bonchev–Trinajstić information content (AvgIpc) is 3.33. The molecule has 0 saturated heterocycles. The molecule has 10 nitrogen and oxygen atoms in total. The molecule has 11 heteroatoms. The number of benzene rings is 2. The number of aromatic nitrogens is 4. The van der Waals surface area contributed by atoms with Crippen molar-refractivity contribution in [2.24, 2.45) is 0 Å². The van der Waals surface area contributed by atoms with Gasteiger partial charge in [0.05, 0.1) is 18.6 Å². The highest BCUT2D eigenvalue weighted by Crippen LogP contribution is 2.26. The molecule has 2 aromatic carbocycles. The van der Waals surface area contributed by atoms with Crippen molar-refractivity contribution in [1.29, 1.82) is 0 Å². The summed E-state index contributed by atoms with van der Waals surface area (Å²) in [4.78, 5) is 12.9. The fraction of sp³-hybridized carbons (Fsp3) is 0.174. The van der Waals surface area contributed by atoms with Gasteiger partial charge in [0.2, 0.25) is 16.0 Å². The van der Waals surface area contributed by atoms with E-state index in [2.05, 4.69) is 25.6 Å². The van der Waals surface area contributed by atoms with Gasteiger partial charge in [0, 0.05) is 44.4 Å². The normalized spacial score (nSPS) is 11.4. The molecule has 0 amide bonds. The molecule has 2 heterocycles. The van der Waals surface area contributed by atoms with Crippen LogP contribution in [0.5, 0.6) is 5.75 Å². The van der Waals surface area contributed by atoms with Crippen LogP contribution < -0.4 is 15.4 Å². The van der Waals surface area contributed by atoms with Crippen molar-refractivity contribution in [2.45, 2.75) is 11.4 Å². The summed E-state index contributed by atoms with van der Waals surface area (Å²) in [5.41, 5.74) is 1.18. The smallest absolute Gasteiger partial charge is 0.244 e. The first kappa shape index (κ1) is 23.2. The number of nitrogens with one attached hydrogen (secondary N) is 2. The zero-order valence-electron chi connectivity index (χ0n) is 18.8. The van der Waals surface area contributed by atoms with Gasteiger partial charge in [-0.3, -0.25) is 0 Å². The van der Waals surface area contributed by atoms with Gasteiger partial charge in [-0.2, -0.15) is 4.98 Å². The Kier molecular flexibility index (Phi) is 7.04. The van der Waals surface area contributed by atoms with Gasteiger partial charge in [-0.1, -0.05) is 18.2 Å². The Morgan fingerprint density at radius 3 is 2.68 bits per heavy atom. The van der Waals surface area contributed by atoms with Crippen LogP contribution in [0.3, 0.4) is 0 Å². The van der Waals surface area contributed by atoms with Crippen LogP contribution in [0.2, 0.25) is 0 Å². The highest BCUT2D eigenvalue weighted by molar-refractivity contribution is 7.89. The quantitative estimate of drug-likeness (QED) is 0.355. The van der Waals surface area contributed by atoms with Gasteiger partial charge in [0.15, 0.2) is 0 Å². The minimum Gasteiger partial charge on any atom is -0.492 e. The van der Waals surface area contributed by atoms with Crippen molar-refractivity contribution in [2.75, 3.05) is 31.3 Å². The molecule has 0 fully saturated rings. The standard InChI is InChI=1S/C23H25N7O3S/c1-29(2)34(31,32)21-9-4-3-8-20(21)27-22-10-11-25-23(28-22)26-18-6-5-7-19(16-18)33-15-14-30-13-12-24-17-30/h3-13,16-17H,14-15H2,1-2H3,(H2,25,26,27,28). The zero-order valence-corrected chi connectivity index (χ0v) is 19.6. The van der Waals surface area contributed by atoms with E-state index in [9.17, 15) is 8.42 Å². The van der Waals surface area contributed by atoms with E-state index in [0.29, 0.717) is 36.4 Å². The van der Waals surface area contributed by atoms with Crippen molar-refractivity contribution in [1.82, 2.24) is 23.8 Å². The lowest BCUT2D eigenvalue weighted by atomic mass is 10.3. The van der Waals surface area contributed by atoms with Crippen molar-refractivity contribution in [3.05, 3.63) is 79.5 Å². The molecule has 176 valence electrons. The van der Waals surface area contributed by atoms with Crippen molar-refractivity contribution < 1.29 is 13.2 Å². The summed E-state index contributed by atoms with van der Waals surface area (Å²) in [7, 11) is -0.632. The number of para-hydroxylation sites is 1. The third kappa shape index (κ3) is 5.69. The molecule has 2 N–H and O–H groups in total. The number of anilines is 4. The van der Waals surface area contributed by atoms with E-state index >= 15 is 0 Å². The van der Waals surface area contributed by atoms with Crippen LogP contribution in [0.1, 0.15) is 0 Å². The third-order valence-electron chi connectivity index (χ3n) is 4.83. The largest absolute Gasteiger partial charge is 0.492 e. The lowest BCUT2D eigenvalue weighted by molar-refractivity contribution is 0.298. The fourth-order valence-corrected chi connectivity index (χ4v) is 4.14. The van der Waals surface area contributed by atoms with E-state index in [1.165, 1.54) is 18.4 Å². The van der Waals surface area contributed by atoms with E-state index < -0.39 is 10.0 Å². The molecule has 2 aromatic heterocycles. The van der Waals surface area contributed by atoms with Crippen molar-refractivity contribution in [3.63, 3.8) is 0 Å². The highest BCUT2D eigenvalue weighted by atomic mass is 32.2. The van der Waals surface area contributed by atoms with Crippen molar-refractivity contribution in [3.8, 4) is 5.75 Å². The van der Waals surface area contributed by atoms with E-state index in [1.54, 1.807) is 49.1 Å². The summed E-state index contributed by atoms with van der Waals surface area (Å²) in [6.07, 6.45) is 6.95. The summed E-state index contributed by atoms with van der Waals surface area (Å²) in [5, 5.41) is 6.24. The van der Waals surface area contributed by atoms with Crippen LogP contribution in [0.15, 0.2) is 84.4 Å². The maximum atomic E-state index is 12.6. The predicted molar refractivity (Wildman–Crippen MR) is 130 cm³/mol. The first-order valence-electron chi connectivity index (χ1n) is 10.5. The number of imidazole rings is 1. The summed E-state index contributed by atoms with van der Waals surface area (Å²) < 4.78 is 34.2. The summed E-state index contributed by atoms with van der Waals surface area (Å²) >= 11 is 0. The molecule has 0 atom stereocenters. The van der Waals surface area contributed by atoms with Gasteiger partial charge in [-0.05, 0) is 30.3 Å². The van der Waals surface area contributed by atoms with Gasteiger partial charge >= 0.3 is 0 Å². The number of ether oxygens (including phenoxy) is 1. The Balaban J connectivity index is 1.45. The molecule has 0 bridgehead atoms. The molecule has 0 aliphatic rings. The van der Waals surface area contributed by atoms with Crippen LogP contribution >= 0.6 is 0 Å². The second-order valence-corrected chi connectivity index (χ2v) is 9.60. The first-order valence-corrected chi connectivity index (χ1v) is 11.9. The summed E-state index contributed by atoms with van der Waals surface area (Å²) in [5.74, 6) is 1.52. The average molecular weight is 480 g/mol. The van der Waals surface area contributed by atoms with Crippen LogP contribution in [0.25, 0.3) is 0 Å². The SMILES string of the molecule is CN(C)S(=O)(=O)c1ccccc1Nc1ccnc(Nc2cccc(OCCn3ccnc3)c2)n1. The van der Waals surface area contributed by atoms with Gasteiger partial charge in [-0.25, -0.2) is 22.7 Å². The number of hydrogen-bond donors (Lipinski definition) is 2. The predicted octanol–water partition coefficient (Wildman–Crippen LogP) is 3.49. The molecule has 0 saturated carbocycles. The number of sulfonamides is 1. The van der Waals surface area contributed by atoms with Crippen LogP contribution in [0, 0.1) is 0 Å².